The third-order valence-electron chi connectivity index (χ3n) is 7.74. The minimum absolute atomic E-state index is 0.0208. The molecule has 11 nitrogen and oxygen atoms in total. The quantitative estimate of drug-likeness (QED) is 0.267. The standard InChI is InChI=1S/C33H27N5O6/c39-28-13-12-27(31(42)37-28)38-32(43)25-11-9-22(14-26(25)33(38)44)30(41)36-18-23-10-8-19(16-34-23)17-35-29(40)15-21-6-3-5-20-4-1-2-7-24(20)21/h1-11,14,16,27H,12-13,15,17-18H2,(H,35,40)(H,36,41)(H,37,39,42). The van der Waals surface area contributed by atoms with E-state index >= 15 is 0 Å². The Bertz CT molecular complexity index is 1850. The van der Waals surface area contributed by atoms with Gasteiger partial charge in [-0.2, -0.15) is 0 Å². The highest BCUT2D eigenvalue weighted by atomic mass is 16.2. The Hall–Kier alpha value is -5.71. The fourth-order valence-electron chi connectivity index (χ4n) is 5.43. The van der Waals surface area contributed by atoms with Gasteiger partial charge in [-0.05, 0) is 52.6 Å². The summed E-state index contributed by atoms with van der Waals surface area (Å²) in [5.74, 6) is -3.05. The van der Waals surface area contributed by atoms with Crippen molar-refractivity contribution in [3.8, 4) is 0 Å². The number of rotatable bonds is 8. The molecule has 6 rings (SSSR count). The van der Waals surface area contributed by atoms with Gasteiger partial charge in [-0.1, -0.05) is 48.5 Å². The highest BCUT2D eigenvalue weighted by molar-refractivity contribution is 6.24. The maximum absolute atomic E-state index is 13.0. The van der Waals surface area contributed by atoms with E-state index in [4.69, 9.17) is 0 Å². The molecule has 0 radical (unpaired) electrons. The van der Waals surface area contributed by atoms with Crippen molar-refractivity contribution in [1.82, 2.24) is 25.8 Å². The molecule has 2 aliphatic rings. The summed E-state index contributed by atoms with van der Waals surface area (Å²) in [6.07, 6.45) is 1.96. The van der Waals surface area contributed by atoms with Crippen LogP contribution >= 0.6 is 0 Å². The Morgan fingerprint density at radius 2 is 1.66 bits per heavy atom. The van der Waals surface area contributed by atoms with E-state index in [1.807, 2.05) is 48.5 Å². The van der Waals surface area contributed by atoms with Crippen LogP contribution in [-0.4, -0.2) is 51.4 Å². The van der Waals surface area contributed by atoms with E-state index < -0.39 is 35.6 Å². The number of carbonyl (C=O) groups excluding carboxylic acids is 6. The number of hydrogen-bond acceptors (Lipinski definition) is 7. The van der Waals surface area contributed by atoms with Gasteiger partial charge in [-0.3, -0.25) is 44.0 Å². The van der Waals surface area contributed by atoms with Crippen molar-refractivity contribution in [3.63, 3.8) is 0 Å². The summed E-state index contributed by atoms with van der Waals surface area (Å²) >= 11 is 0. The number of nitrogens with one attached hydrogen (secondary N) is 3. The lowest BCUT2D eigenvalue weighted by Crippen LogP contribution is -2.54. The molecular weight excluding hydrogens is 562 g/mol. The van der Waals surface area contributed by atoms with Crippen molar-refractivity contribution >= 4 is 46.2 Å². The predicted octanol–water partition coefficient (Wildman–Crippen LogP) is 2.42. The molecule has 0 aliphatic carbocycles. The first-order valence-electron chi connectivity index (χ1n) is 14.1. The number of hydrogen-bond donors (Lipinski definition) is 3. The molecule has 4 aromatic rings. The summed E-state index contributed by atoms with van der Waals surface area (Å²) < 4.78 is 0. The number of piperidine rings is 1. The molecule has 0 saturated carbocycles. The summed E-state index contributed by atoms with van der Waals surface area (Å²) in [6.45, 7) is 0.417. The molecule has 1 atom stereocenters. The van der Waals surface area contributed by atoms with Gasteiger partial charge in [0.2, 0.25) is 17.7 Å². The molecule has 1 unspecified atom stereocenters. The zero-order valence-corrected chi connectivity index (χ0v) is 23.5. The maximum atomic E-state index is 13.0. The second-order valence-electron chi connectivity index (χ2n) is 10.6. The molecule has 44 heavy (non-hydrogen) atoms. The van der Waals surface area contributed by atoms with E-state index in [1.165, 1.54) is 18.2 Å². The van der Waals surface area contributed by atoms with E-state index in [9.17, 15) is 28.8 Å². The number of fused-ring (bicyclic) bond motifs is 2. The highest BCUT2D eigenvalue weighted by Crippen LogP contribution is 2.28. The van der Waals surface area contributed by atoms with Crippen molar-refractivity contribution in [2.75, 3.05) is 0 Å². The van der Waals surface area contributed by atoms with Gasteiger partial charge < -0.3 is 10.6 Å². The van der Waals surface area contributed by atoms with Gasteiger partial charge in [0.1, 0.15) is 6.04 Å². The van der Waals surface area contributed by atoms with Crippen molar-refractivity contribution in [1.29, 1.82) is 0 Å². The lowest BCUT2D eigenvalue weighted by atomic mass is 10.0. The average molecular weight is 590 g/mol. The summed E-state index contributed by atoms with van der Waals surface area (Å²) in [7, 11) is 0. The van der Waals surface area contributed by atoms with E-state index in [2.05, 4.69) is 20.9 Å². The van der Waals surface area contributed by atoms with Crippen LogP contribution in [0.1, 0.15) is 60.7 Å². The van der Waals surface area contributed by atoms with Crippen molar-refractivity contribution in [2.45, 2.75) is 38.4 Å². The van der Waals surface area contributed by atoms with Crippen LogP contribution < -0.4 is 16.0 Å². The number of aromatic nitrogens is 1. The zero-order valence-electron chi connectivity index (χ0n) is 23.5. The lowest BCUT2D eigenvalue weighted by molar-refractivity contribution is -0.136. The summed E-state index contributed by atoms with van der Waals surface area (Å²) in [4.78, 5) is 80.3. The Morgan fingerprint density at radius 3 is 2.45 bits per heavy atom. The van der Waals surface area contributed by atoms with Crippen LogP contribution in [0.15, 0.2) is 79.0 Å². The van der Waals surface area contributed by atoms with Crippen LogP contribution in [0.5, 0.6) is 0 Å². The Morgan fingerprint density at radius 1 is 0.864 bits per heavy atom. The molecule has 1 saturated heterocycles. The van der Waals surface area contributed by atoms with Gasteiger partial charge in [0.05, 0.1) is 29.8 Å². The maximum Gasteiger partial charge on any atom is 0.262 e. The SMILES string of the molecule is O=C(Cc1cccc2ccccc12)NCc1ccc(CNC(=O)c2ccc3c(c2)C(=O)N(C2CCC(=O)NC2=O)C3=O)nc1. The number of amides is 6. The Balaban J connectivity index is 1.02. The normalized spacial score (nSPS) is 16.1. The first-order chi connectivity index (χ1) is 21.3. The van der Waals surface area contributed by atoms with Crippen molar-refractivity contribution in [3.05, 3.63) is 113 Å². The number of imide groups is 2. The van der Waals surface area contributed by atoms with Crippen LogP contribution in [-0.2, 0) is 33.9 Å². The number of pyridine rings is 1. The zero-order chi connectivity index (χ0) is 30.8. The molecule has 3 aromatic carbocycles. The molecule has 2 aliphatic heterocycles. The molecule has 11 heteroatoms. The molecule has 1 fully saturated rings. The number of benzene rings is 3. The van der Waals surface area contributed by atoms with Crippen LogP contribution in [0.2, 0.25) is 0 Å². The van der Waals surface area contributed by atoms with Gasteiger partial charge in [0.25, 0.3) is 17.7 Å². The predicted molar refractivity (Wildman–Crippen MR) is 158 cm³/mol. The van der Waals surface area contributed by atoms with Gasteiger partial charge in [-0.25, -0.2) is 0 Å². The van der Waals surface area contributed by atoms with Gasteiger partial charge in [-0.15, -0.1) is 0 Å². The van der Waals surface area contributed by atoms with Crippen molar-refractivity contribution in [2.24, 2.45) is 0 Å². The number of carbonyl (C=O) groups is 6. The molecule has 220 valence electrons. The van der Waals surface area contributed by atoms with E-state index in [0.29, 0.717) is 12.2 Å². The second kappa shape index (κ2) is 11.9. The van der Waals surface area contributed by atoms with E-state index in [0.717, 1.165) is 26.8 Å². The minimum Gasteiger partial charge on any atom is -0.352 e. The van der Waals surface area contributed by atoms with E-state index in [1.54, 1.807) is 12.3 Å². The summed E-state index contributed by atoms with van der Waals surface area (Å²) in [5, 5.41) is 9.95. The minimum atomic E-state index is -1.08. The molecule has 3 heterocycles. The van der Waals surface area contributed by atoms with Gasteiger partial charge in [0.15, 0.2) is 0 Å². The van der Waals surface area contributed by atoms with Gasteiger partial charge in [0, 0.05) is 24.7 Å². The lowest BCUT2D eigenvalue weighted by Gasteiger charge is -2.27. The second-order valence-corrected chi connectivity index (χ2v) is 10.6. The first-order valence-corrected chi connectivity index (χ1v) is 14.1. The fraction of sp³-hybridized carbons (Fsp3) is 0.182. The molecular formula is C33H27N5O6. The van der Waals surface area contributed by atoms with Crippen LogP contribution in [0.25, 0.3) is 10.8 Å². The first kappa shape index (κ1) is 28.4. The monoisotopic (exact) mass is 589 g/mol. The fourth-order valence-corrected chi connectivity index (χ4v) is 5.43. The van der Waals surface area contributed by atoms with Crippen LogP contribution in [0.3, 0.4) is 0 Å². The molecule has 6 amide bonds. The van der Waals surface area contributed by atoms with Crippen molar-refractivity contribution < 1.29 is 28.8 Å². The topological polar surface area (TPSA) is 155 Å². The third kappa shape index (κ3) is 5.67. The molecule has 1 aromatic heterocycles. The largest absolute Gasteiger partial charge is 0.352 e. The molecule has 3 N–H and O–H groups in total. The van der Waals surface area contributed by atoms with E-state index in [-0.39, 0.29) is 48.4 Å². The molecule has 0 bridgehead atoms. The van der Waals surface area contributed by atoms with Crippen LogP contribution in [0.4, 0.5) is 0 Å². The summed E-state index contributed by atoms with van der Waals surface area (Å²) in [6, 6.07) is 20.5. The third-order valence-corrected chi connectivity index (χ3v) is 7.74. The van der Waals surface area contributed by atoms with Crippen LogP contribution in [0, 0.1) is 0 Å². The summed E-state index contributed by atoms with van der Waals surface area (Å²) in [5.41, 5.74) is 2.63. The smallest absolute Gasteiger partial charge is 0.262 e. The Kier molecular flexibility index (Phi) is 7.67. The number of nitrogens with zero attached hydrogens (tertiary/aromatic N) is 2. The van der Waals surface area contributed by atoms with Gasteiger partial charge >= 0.3 is 0 Å². The molecule has 0 spiro atoms. The average Bonchev–Trinajstić information content (AvgIpc) is 3.28. The highest BCUT2D eigenvalue weighted by Gasteiger charge is 2.44. The Labute approximate surface area is 251 Å².